The van der Waals surface area contributed by atoms with Crippen molar-refractivity contribution in [1.82, 2.24) is 4.83 Å². The molecule has 0 atom stereocenters. The first-order valence-corrected chi connectivity index (χ1v) is 4.90. The fourth-order valence-corrected chi connectivity index (χ4v) is 1.15. The fraction of sp³-hybridized carbons (Fsp3) is 0. The van der Waals surface area contributed by atoms with Gasteiger partial charge in [0, 0.05) is 0 Å². The van der Waals surface area contributed by atoms with E-state index in [1.807, 2.05) is 0 Å². The van der Waals surface area contributed by atoms with Gasteiger partial charge in [0.1, 0.15) is 0 Å². The number of nitrogens with zero attached hydrogens (tertiary/aromatic N) is 2. The summed E-state index contributed by atoms with van der Waals surface area (Å²) in [6.07, 6.45) is 0. The summed E-state index contributed by atoms with van der Waals surface area (Å²) in [4.78, 5) is 11.7. The summed E-state index contributed by atoms with van der Waals surface area (Å²) in [6, 6.07) is 7.73. The van der Waals surface area contributed by atoms with E-state index in [4.69, 9.17) is 4.55 Å². The van der Waals surface area contributed by atoms with Gasteiger partial charge in [0.05, 0.1) is 11.0 Å². The first-order valence-electron chi connectivity index (χ1n) is 3.46. The van der Waals surface area contributed by atoms with E-state index in [0.717, 1.165) is 0 Å². The zero-order valence-electron chi connectivity index (χ0n) is 6.86. The van der Waals surface area contributed by atoms with E-state index in [1.54, 1.807) is 18.2 Å². The minimum Gasteiger partial charge on any atom is -0.272 e. The Kier molecular flexibility index (Phi) is 3.12. The third-order valence-corrected chi connectivity index (χ3v) is 1.69. The van der Waals surface area contributed by atoms with Crippen molar-refractivity contribution in [3.63, 3.8) is 0 Å². The minimum atomic E-state index is -4.50. The molecule has 0 aliphatic carbocycles. The lowest BCUT2D eigenvalue weighted by Gasteiger charge is -2.12. The molecule has 1 aromatic rings. The first-order chi connectivity index (χ1) is 6.53. The van der Waals surface area contributed by atoms with Crippen molar-refractivity contribution >= 4 is 16.0 Å². The molecule has 0 unspecified atom stereocenters. The molecule has 0 bridgehead atoms. The standard InChI is InChI=1S/C6H7N3O4S/c10-7-9(8-14(11,12)13)6-4-2-1-3-5-6/h1-5,8H,(H,11,12,13). The van der Waals surface area contributed by atoms with E-state index in [2.05, 4.69) is 5.29 Å². The van der Waals surface area contributed by atoms with E-state index in [9.17, 15) is 13.3 Å². The number of rotatable bonds is 4. The predicted octanol–water partition coefficient (Wildman–Crippen LogP) is 0.482. The van der Waals surface area contributed by atoms with E-state index >= 15 is 0 Å². The van der Waals surface area contributed by atoms with E-state index in [1.165, 1.54) is 17.0 Å². The van der Waals surface area contributed by atoms with Gasteiger partial charge in [-0.05, 0) is 12.1 Å². The molecule has 8 heteroatoms. The maximum absolute atomic E-state index is 10.4. The fourth-order valence-electron chi connectivity index (χ4n) is 0.795. The number of nitrogens with one attached hydrogen (secondary N) is 1. The number of hydrazine groups is 1. The Hall–Kier alpha value is -1.51. The summed E-state index contributed by atoms with van der Waals surface area (Å²) in [6.45, 7) is 0. The van der Waals surface area contributed by atoms with Crippen molar-refractivity contribution in [3.05, 3.63) is 35.2 Å². The SMILES string of the molecule is O=NN(NS(=O)(=O)O)c1ccccc1. The van der Waals surface area contributed by atoms with Crippen LogP contribution in [0, 0.1) is 4.91 Å². The van der Waals surface area contributed by atoms with Crippen LogP contribution < -0.4 is 9.95 Å². The third-order valence-electron chi connectivity index (χ3n) is 1.28. The van der Waals surface area contributed by atoms with Gasteiger partial charge >= 0.3 is 10.3 Å². The van der Waals surface area contributed by atoms with Gasteiger partial charge in [0.15, 0.2) is 0 Å². The Bertz CT molecular complexity index is 404. The summed E-state index contributed by atoms with van der Waals surface area (Å²) in [7, 11) is -4.50. The molecule has 0 radical (unpaired) electrons. The molecule has 7 nitrogen and oxygen atoms in total. The van der Waals surface area contributed by atoms with Crippen molar-refractivity contribution in [1.29, 1.82) is 0 Å². The van der Waals surface area contributed by atoms with Crippen LogP contribution >= 0.6 is 0 Å². The number of anilines is 1. The number of hydrogen-bond acceptors (Lipinski definition) is 4. The van der Waals surface area contributed by atoms with Gasteiger partial charge in [-0.1, -0.05) is 23.0 Å². The quantitative estimate of drug-likeness (QED) is 0.434. The highest BCUT2D eigenvalue weighted by Gasteiger charge is 2.12. The van der Waals surface area contributed by atoms with E-state index < -0.39 is 10.3 Å². The highest BCUT2D eigenvalue weighted by Crippen LogP contribution is 2.10. The average molecular weight is 217 g/mol. The van der Waals surface area contributed by atoms with Crippen LogP contribution in [0.4, 0.5) is 5.69 Å². The second-order valence-electron chi connectivity index (χ2n) is 2.30. The van der Waals surface area contributed by atoms with Crippen LogP contribution in [0.5, 0.6) is 0 Å². The van der Waals surface area contributed by atoms with Crippen LogP contribution in [0.25, 0.3) is 0 Å². The Morgan fingerprint density at radius 3 is 2.29 bits per heavy atom. The minimum absolute atomic E-state index is 0.195. The molecular weight excluding hydrogens is 210 g/mol. The van der Waals surface area contributed by atoms with Crippen LogP contribution in [0.15, 0.2) is 35.6 Å². The van der Waals surface area contributed by atoms with Crippen LogP contribution in [0.1, 0.15) is 0 Å². The molecule has 1 aromatic carbocycles. The van der Waals surface area contributed by atoms with Crippen LogP contribution in [0.2, 0.25) is 0 Å². The topological polar surface area (TPSA) is 99.1 Å². The average Bonchev–Trinajstić information content (AvgIpc) is 2.14. The maximum Gasteiger partial charge on any atom is 0.352 e. The van der Waals surface area contributed by atoms with Crippen molar-refractivity contribution in [3.8, 4) is 0 Å². The van der Waals surface area contributed by atoms with Gasteiger partial charge in [-0.3, -0.25) is 4.55 Å². The number of hydrogen-bond donors (Lipinski definition) is 2. The normalized spacial score (nSPS) is 10.9. The molecule has 0 aliphatic heterocycles. The van der Waals surface area contributed by atoms with Gasteiger partial charge < -0.3 is 0 Å². The first kappa shape index (κ1) is 10.6. The molecule has 0 amide bonds. The molecule has 14 heavy (non-hydrogen) atoms. The Balaban J connectivity index is 2.89. The smallest absolute Gasteiger partial charge is 0.272 e. The second-order valence-corrected chi connectivity index (χ2v) is 3.43. The molecule has 0 saturated carbocycles. The Morgan fingerprint density at radius 2 is 1.86 bits per heavy atom. The summed E-state index contributed by atoms with van der Waals surface area (Å²) in [5, 5.41) is 2.77. The molecule has 0 spiro atoms. The van der Waals surface area contributed by atoms with E-state index in [-0.39, 0.29) is 5.69 Å². The van der Waals surface area contributed by atoms with Gasteiger partial charge in [-0.25, -0.2) is 0 Å². The summed E-state index contributed by atoms with van der Waals surface area (Å²) < 4.78 is 29.2. The molecule has 0 fully saturated rings. The maximum atomic E-state index is 10.4. The molecule has 2 N–H and O–H groups in total. The van der Waals surface area contributed by atoms with Crippen molar-refractivity contribution in [2.24, 2.45) is 5.29 Å². The second kappa shape index (κ2) is 4.13. The van der Waals surface area contributed by atoms with Crippen molar-refractivity contribution < 1.29 is 13.0 Å². The highest BCUT2D eigenvalue weighted by molar-refractivity contribution is 7.83. The van der Waals surface area contributed by atoms with Crippen molar-refractivity contribution in [2.45, 2.75) is 0 Å². The Morgan fingerprint density at radius 1 is 1.29 bits per heavy atom. The molecule has 76 valence electrons. The lowest BCUT2D eigenvalue weighted by Crippen LogP contribution is -2.37. The monoisotopic (exact) mass is 217 g/mol. The van der Waals surface area contributed by atoms with Gasteiger partial charge in [0.2, 0.25) is 0 Å². The number of para-hydroxylation sites is 1. The zero-order chi connectivity index (χ0) is 10.6. The zero-order valence-corrected chi connectivity index (χ0v) is 7.68. The molecule has 0 aromatic heterocycles. The molecule has 1 rings (SSSR count). The van der Waals surface area contributed by atoms with E-state index in [0.29, 0.717) is 5.12 Å². The van der Waals surface area contributed by atoms with Gasteiger partial charge in [-0.2, -0.15) is 8.42 Å². The Labute approximate surface area is 80.1 Å². The summed E-state index contributed by atoms with van der Waals surface area (Å²) in [5.41, 5.74) is 0.195. The largest absolute Gasteiger partial charge is 0.352 e. The van der Waals surface area contributed by atoms with Gasteiger partial charge in [0.25, 0.3) is 0 Å². The predicted molar refractivity (Wildman–Crippen MR) is 49.4 cm³/mol. The van der Waals surface area contributed by atoms with Crippen LogP contribution in [-0.4, -0.2) is 13.0 Å². The van der Waals surface area contributed by atoms with Crippen molar-refractivity contribution in [2.75, 3.05) is 5.12 Å². The number of nitroso groups, excluding NO2 is 1. The molecular formula is C6H7N3O4S. The summed E-state index contributed by atoms with van der Waals surface area (Å²) >= 11 is 0. The summed E-state index contributed by atoms with van der Waals surface area (Å²) in [5.74, 6) is 0. The van der Waals surface area contributed by atoms with Crippen LogP contribution in [0.3, 0.4) is 0 Å². The molecule has 0 aliphatic rings. The highest BCUT2D eigenvalue weighted by atomic mass is 32.2. The lowest BCUT2D eigenvalue weighted by atomic mass is 10.3. The third kappa shape index (κ3) is 3.09. The molecule has 0 heterocycles. The lowest BCUT2D eigenvalue weighted by molar-refractivity contribution is 0.464. The molecule has 0 saturated heterocycles. The van der Waals surface area contributed by atoms with Gasteiger partial charge in [-0.15, -0.1) is 10.0 Å². The van der Waals surface area contributed by atoms with Crippen LogP contribution in [-0.2, 0) is 10.3 Å². The number of benzene rings is 1.